The SMILES string of the molecule is Cc1ccccc1C(=O)NC(C)c1cc(NCC(=O)N2CCOCC2)nc2ccccc12. The second kappa shape index (κ2) is 9.78. The number of hydrogen-bond acceptors (Lipinski definition) is 5. The van der Waals surface area contributed by atoms with E-state index in [9.17, 15) is 9.59 Å². The summed E-state index contributed by atoms with van der Waals surface area (Å²) in [5, 5.41) is 7.24. The molecule has 3 aromatic rings. The van der Waals surface area contributed by atoms with Crippen molar-refractivity contribution in [1.29, 1.82) is 0 Å². The molecule has 1 atom stereocenters. The molecule has 0 bridgehead atoms. The average molecular weight is 433 g/mol. The van der Waals surface area contributed by atoms with Gasteiger partial charge in [0, 0.05) is 24.0 Å². The number of benzene rings is 2. The minimum absolute atomic E-state index is 0.0192. The summed E-state index contributed by atoms with van der Waals surface area (Å²) >= 11 is 0. The van der Waals surface area contributed by atoms with E-state index in [2.05, 4.69) is 15.6 Å². The maximum absolute atomic E-state index is 12.9. The molecule has 1 aliphatic rings. The van der Waals surface area contributed by atoms with Crippen LogP contribution in [0, 0.1) is 6.92 Å². The topological polar surface area (TPSA) is 83.6 Å². The van der Waals surface area contributed by atoms with Gasteiger partial charge in [-0.1, -0.05) is 36.4 Å². The van der Waals surface area contributed by atoms with E-state index in [1.165, 1.54) is 0 Å². The van der Waals surface area contributed by atoms with Crippen molar-refractivity contribution in [2.24, 2.45) is 0 Å². The van der Waals surface area contributed by atoms with Crippen molar-refractivity contribution in [3.05, 3.63) is 71.3 Å². The molecule has 1 unspecified atom stereocenters. The average Bonchev–Trinajstić information content (AvgIpc) is 2.82. The molecule has 7 heteroatoms. The van der Waals surface area contributed by atoms with Crippen LogP contribution in [0.1, 0.15) is 34.5 Å². The standard InChI is InChI=1S/C25H28N4O3/c1-17-7-3-4-8-19(17)25(31)27-18(2)21-15-23(28-22-10-6-5-9-20(21)22)26-16-24(30)29-11-13-32-14-12-29/h3-10,15,18H,11-14,16H2,1-2H3,(H,26,28)(H,27,31). The van der Waals surface area contributed by atoms with Gasteiger partial charge in [-0.05, 0) is 43.2 Å². The Balaban J connectivity index is 1.54. The van der Waals surface area contributed by atoms with E-state index in [4.69, 9.17) is 4.74 Å². The lowest BCUT2D eigenvalue weighted by Crippen LogP contribution is -2.43. The fourth-order valence-electron chi connectivity index (χ4n) is 3.92. The van der Waals surface area contributed by atoms with E-state index in [-0.39, 0.29) is 24.4 Å². The van der Waals surface area contributed by atoms with Gasteiger partial charge in [0.1, 0.15) is 5.82 Å². The zero-order chi connectivity index (χ0) is 22.5. The zero-order valence-corrected chi connectivity index (χ0v) is 18.4. The number of aryl methyl sites for hydroxylation is 1. The van der Waals surface area contributed by atoms with E-state index in [0.29, 0.717) is 37.7 Å². The quantitative estimate of drug-likeness (QED) is 0.624. The van der Waals surface area contributed by atoms with Crippen LogP contribution in [0.3, 0.4) is 0 Å². The van der Waals surface area contributed by atoms with Gasteiger partial charge in [0.05, 0.1) is 31.3 Å². The van der Waals surface area contributed by atoms with E-state index >= 15 is 0 Å². The number of morpholine rings is 1. The summed E-state index contributed by atoms with van der Waals surface area (Å²) in [6, 6.07) is 17.0. The summed E-state index contributed by atoms with van der Waals surface area (Å²) < 4.78 is 5.31. The van der Waals surface area contributed by atoms with Crippen molar-refractivity contribution < 1.29 is 14.3 Å². The van der Waals surface area contributed by atoms with Crippen molar-refractivity contribution in [3.63, 3.8) is 0 Å². The molecule has 1 aliphatic heterocycles. The molecule has 32 heavy (non-hydrogen) atoms. The summed E-state index contributed by atoms with van der Waals surface area (Å²) in [7, 11) is 0. The van der Waals surface area contributed by atoms with Gasteiger partial charge >= 0.3 is 0 Å². The largest absolute Gasteiger partial charge is 0.378 e. The lowest BCUT2D eigenvalue weighted by Gasteiger charge is -2.27. The van der Waals surface area contributed by atoms with Crippen LogP contribution in [0.2, 0.25) is 0 Å². The van der Waals surface area contributed by atoms with Crippen LogP contribution in [0.4, 0.5) is 5.82 Å². The third-order valence-electron chi connectivity index (χ3n) is 5.74. The highest BCUT2D eigenvalue weighted by Crippen LogP contribution is 2.26. The molecule has 1 fully saturated rings. The van der Waals surface area contributed by atoms with E-state index in [1.54, 1.807) is 4.90 Å². The van der Waals surface area contributed by atoms with Crippen molar-refractivity contribution in [2.75, 3.05) is 38.2 Å². The number of nitrogens with one attached hydrogen (secondary N) is 2. The molecular weight excluding hydrogens is 404 g/mol. The summed E-state index contributed by atoms with van der Waals surface area (Å²) in [5.74, 6) is 0.511. The lowest BCUT2D eigenvalue weighted by atomic mass is 10.0. The van der Waals surface area contributed by atoms with Crippen LogP contribution in [0.25, 0.3) is 10.9 Å². The molecule has 4 rings (SSSR count). The number of anilines is 1. The number of fused-ring (bicyclic) bond motifs is 1. The Morgan fingerprint density at radius 2 is 1.81 bits per heavy atom. The van der Waals surface area contributed by atoms with Gasteiger partial charge in [0.25, 0.3) is 5.91 Å². The van der Waals surface area contributed by atoms with Gasteiger partial charge in [-0.3, -0.25) is 9.59 Å². The van der Waals surface area contributed by atoms with Crippen molar-refractivity contribution in [2.45, 2.75) is 19.9 Å². The number of amides is 2. The molecule has 2 amide bonds. The van der Waals surface area contributed by atoms with Gasteiger partial charge in [-0.15, -0.1) is 0 Å². The highest BCUT2D eigenvalue weighted by Gasteiger charge is 2.19. The van der Waals surface area contributed by atoms with Crippen LogP contribution < -0.4 is 10.6 Å². The number of carbonyl (C=O) groups excluding carboxylic acids is 2. The third kappa shape index (κ3) is 4.89. The number of aromatic nitrogens is 1. The minimum Gasteiger partial charge on any atom is -0.378 e. The molecule has 0 radical (unpaired) electrons. The second-order valence-corrected chi connectivity index (χ2v) is 7.97. The molecule has 0 spiro atoms. The molecule has 1 saturated heterocycles. The molecular formula is C25H28N4O3. The van der Waals surface area contributed by atoms with Gasteiger partial charge in [-0.2, -0.15) is 0 Å². The van der Waals surface area contributed by atoms with Gasteiger partial charge in [0.15, 0.2) is 0 Å². The Hall–Kier alpha value is -3.45. The molecule has 166 valence electrons. The van der Waals surface area contributed by atoms with Crippen molar-refractivity contribution in [1.82, 2.24) is 15.2 Å². The smallest absolute Gasteiger partial charge is 0.252 e. The molecule has 2 aromatic carbocycles. The van der Waals surface area contributed by atoms with Gasteiger partial charge in [-0.25, -0.2) is 4.98 Å². The summed E-state index contributed by atoms with van der Waals surface area (Å²) in [6.45, 7) is 6.41. The highest BCUT2D eigenvalue weighted by atomic mass is 16.5. The molecule has 0 aliphatic carbocycles. The first kappa shape index (κ1) is 21.8. The second-order valence-electron chi connectivity index (χ2n) is 7.97. The van der Waals surface area contributed by atoms with Crippen LogP contribution in [0.15, 0.2) is 54.6 Å². The molecule has 7 nitrogen and oxygen atoms in total. The first-order valence-corrected chi connectivity index (χ1v) is 10.9. The fraction of sp³-hybridized carbons (Fsp3) is 0.320. The predicted molar refractivity (Wildman–Crippen MR) is 125 cm³/mol. The lowest BCUT2D eigenvalue weighted by molar-refractivity contribution is -0.133. The maximum Gasteiger partial charge on any atom is 0.252 e. The van der Waals surface area contributed by atoms with Gasteiger partial charge < -0.3 is 20.3 Å². The third-order valence-corrected chi connectivity index (χ3v) is 5.74. The van der Waals surface area contributed by atoms with Crippen LogP contribution in [0.5, 0.6) is 0 Å². The Labute approximate surface area is 187 Å². The van der Waals surface area contributed by atoms with Crippen molar-refractivity contribution in [3.8, 4) is 0 Å². The molecule has 2 heterocycles. The van der Waals surface area contributed by atoms with Crippen molar-refractivity contribution >= 4 is 28.5 Å². The number of carbonyl (C=O) groups is 2. The highest BCUT2D eigenvalue weighted by molar-refractivity contribution is 5.96. The van der Waals surface area contributed by atoms with Crippen LogP contribution >= 0.6 is 0 Å². The number of pyridine rings is 1. The normalized spacial score (nSPS) is 14.8. The van der Waals surface area contributed by atoms with Crippen LogP contribution in [-0.2, 0) is 9.53 Å². The summed E-state index contributed by atoms with van der Waals surface area (Å²) in [6.07, 6.45) is 0. The Morgan fingerprint density at radius 3 is 2.59 bits per heavy atom. The summed E-state index contributed by atoms with van der Waals surface area (Å²) in [4.78, 5) is 31.8. The van der Waals surface area contributed by atoms with Gasteiger partial charge in [0.2, 0.25) is 5.91 Å². The Kier molecular flexibility index (Phi) is 6.66. The predicted octanol–water partition coefficient (Wildman–Crippen LogP) is 3.30. The molecule has 2 N–H and O–H groups in total. The summed E-state index contributed by atoms with van der Waals surface area (Å²) in [5.41, 5.74) is 3.34. The first-order chi connectivity index (χ1) is 15.5. The molecule has 0 saturated carbocycles. The monoisotopic (exact) mass is 432 g/mol. The van der Waals surface area contributed by atoms with E-state index in [0.717, 1.165) is 22.0 Å². The van der Waals surface area contributed by atoms with Crippen LogP contribution in [-0.4, -0.2) is 54.5 Å². The Bertz CT molecular complexity index is 1130. The number of ether oxygens (including phenoxy) is 1. The molecule has 1 aromatic heterocycles. The fourth-order valence-corrected chi connectivity index (χ4v) is 3.92. The minimum atomic E-state index is -0.245. The number of hydrogen-bond donors (Lipinski definition) is 2. The Morgan fingerprint density at radius 1 is 1.09 bits per heavy atom. The number of rotatable bonds is 6. The zero-order valence-electron chi connectivity index (χ0n) is 18.4. The maximum atomic E-state index is 12.9. The number of nitrogens with zero attached hydrogens (tertiary/aromatic N) is 2. The number of para-hydroxylation sites is 1. The first-order valence-electron chi connectivity index (χ1n) is 10.9. The van der Waals surface area contributed by atoms with E-state index in [1.807, 2.05) is 68.4 Å². The van der Waals surface area contributed by atoms with E-state index < -0.39 is 0 Å².